The van der Waals surface area contributed by atoms with Gasteiger partial charge in [0, 0.05) is 37.3 Å². The number of anilines is 2. The van der Waals surface area contributed by atoms with Gasteiger partial charge < -0.3 is 9.80 Å². The molecule has 1 fully saturated rings. The van der Waals surface area contributed by atoms with Crippen LogP contribution in [0.25, 0.3) is 0 Å². The van der Waals surface area contributed by atoms with Gasteiger partial charge in [-0.3, -0.25) is 0 Å². The van der Waals surface area contributed by atoms with E-state index in [0.29, 0.717) is 0 Å². The van der Waals surface area contributed by atoms with E-state index < -0.39 is 0 Å². The van der Waals surface area contributed by atoms with Crippen molar-refractivity contribution < 1.29 is 0 Å². The molecule has 2 aromatic rings. The van der Waals surface area contributed by atoms with E-state index in [2.05, 4.69) is 43.2 Å². The molecule has 1 aliphatic rings. The zero-order valence-corrected chi connectivity index (χ0v) is 13.4. The Hall–Kier alpha value is -1.69. The quantitative estimate of drug-likeness (QED) is 0.869. The van der Waals surface area contributed by atoms with Gasteiger partial charge in [-0.15, -0.1) is 11.3 Å². The molecule has 0 amide bonds. The van der Waals surface area contributed by atoms with E-state index >= 15 is 0 Å². The highest BCUT2D eigenvalue weighted by molar-refractivity contribution is 7.09. The minimum atomic E-state index is 0.787. The van der Waals surface area contributed by atoms with Gasteiger partial charge in [0.25, 0.3) is 0 Å². The Labute approximate surface area is 129 Å². The Kier molecular flexibility index (Phi) is 4.34. The van der Waals surface area contributed by atoms with Crippen LogP contribution in [0.1, 0.15) is 30.0 Å². The molecule has 1 aliphatic heterocycles. The third kappa shape index (κ3) is 3.50. The van der Waals surface area contributed by atoms with Crippen molar-refractivity contribution in [1.29, 1.82) is 0 Å². The molecule has 0 N–H and O–H groups in total. The Balaban J connectivity index is 1.72. The van der Waals surface area contributed by atoms with Crippen LogP contribution in [0.2, 0.25) is 0 Å². The van der Waals surface area contributed by atoms with Crippen molar-refractivity contribution >= 4 is 23.0 Å². The Morgan fingerprint density at radius 3 is 2.76 bits per heavy atom. The lowest BCUT2D eigenvalue weighted by atomic mass is 10.1. The molecule has 6 heteroatoms. The summed E-state index contributed by atoms with van der Waals surface area (Å²) in [7, 11) is 2.05. The van der Waals surface area contributed by atoms with Gasteiger partial charge in [-0.25, -0.2) is 15.0 Å². The van der Waals surface area contributed by atoms with Crippen LogP contribution in [0.3, 0.4) is 0 Å². The number of rotatable bonds is 4. The van der Waals surface area contributed by atoms with Gasteiger partial charge in [-0.1, -0.05) is 0 Å². The van der Waals surface area contributed by atoms with Crippen LogP contribution < -0.4 is 9.80 Å². The number of aryl methyl sites for hydroxylation is 1. The molecule has 0 unspecified atom stereocenters. The molecule has 0 aromatic carbocycles. The largest absolute Gasteiger partial charge is 0.356 e. The first-order chi connectivity index (χ1) is 10.2. The van der Waals surface area contributed by atoms with E-state index in [1.807, 2.05) is 6.92 Å². The van der Waals surface area contributed by atoms with Crippen molar-refractivity contribution in [2.45, 2.75) is 32.7 Å². The lowest BCUT2D eigenvalue weighted by Crippen LogP contribution is -2.30. The minimum Gasteiger partial charge on any atom is -0.356 e. The Morgan fingerprint density at radius 2 is 2.05 bits per heavy atom. The van der Waals surface area contributed by atoms with Crippen LogP contribution in [0.5, 0.6) is 0 Å². The minimum absolute atomic E-state index is 0.787. The number of piperidine rings is 1. The molecule has 1 saturated heterocycles. The Morgan fingerprint density at radius 1 is 1.24 bits per heavy atom. The third-order valence-electron chi connectivity index (χ3n) is 3.75. The molecule has 0 bridgehead atoms. The summed E-state index contributed by atoms with van der Waals surface area (Å²) < 4.78 is 0. The summed E-state index contributed by atoms with van der Waals surface area (Å²) in [6.07, 6.45) is 5.52. The summed E-state index contributed by atoms with van der Waals surface area (Å²) in [6.45, 7) is 5.02. The zero-order valence-electron chi connectivity index (χ0n) is 12.6. The molecule has 3 heterocycles. The fourth-order valence-corrected chi connectivity index (χ4v) is 3.43. The van der Waals surface area contributed by atoms with E-state index in [1.54, 1.807) is 17.7 Å². The summed E-state index contributed by atoms with van der Waals surface area (Å²) in [6, 6.07) is 2.09. The molecule has 5 nitrogen and oxygen atoms in total. The van der Waals surface area contributed by atoms with Crippen molar-refractivity contribution in [3.63, 3.8) is 0 Å². The van der Waals surface area contributed by atoms with E-state index in [4.69, 9.17) is 0 Å². The molecule has 3 rings (SSSR count). The maximum atomic E-state index is 4.51. The Bertz CT molecular complexity index is 591. The summed E-state index contributed by atoms with van der Waals surface area (Å²) in [4.78, 5) is 17.8. The van der Waals surface area contributed by atoms with Gasteiger partial charge in [0.05, 0.1) is 6.54 Å². The number of aromatic nitrogens is 3. The van der Waals surface area contributed by atoms with Crippen LogP contribution in [-0.2, 0) is 6.54 Å². The fourth-order valence-electron chi connectivity index (χ4n) is 2.60. The van der Waals surface area contributed by atoms with Gasteiger partial charge in [0.15, 0.2) is 0 Å². The molecule has 0 radical (unpaired) electrons. The monoisotopic (exact) mass is 303 g/mol. The predicted octanol–water partition coefficient (Wildman–Crippen LogP) is 2.87. The first-order valence-electron chi connectivity index (χ1n) is 7.41. The molecule has 112 valence electrons. The maximum Gasteiger partial charge on any atom is 0.134 e. The molecule has 0 atom stereocenters. The van der Waals surface area contributed by atoms with Crippen LogP contribution in [0, 0.1) is 6.92 Å². The first kappa shape index (κ1) is 14.3. The van der Waals surface area contributed by atoms with Crippen molar-refractivity contribution in [3.8, 4) is 0 Å². The molecular formula is C15H21N5S. The molecule has 0 aliphatic carbocycles. The van der Waals surface area contributed by atoms with Gasteiger partial charge in [0.2, 0.25) is 0 Å². The topological polar surface area (TPSA) is 45.2 Å². The second-order valence-electron chi connectivity index (χ2n) is 5.52. The van der Waals surface area contributed by atoms with E-state index in [0.717, 1.165) is 42.0 Å². The standard InChI is InChI=1S/C15H21N5S/c1-12-10-21-15(18-12)9-19(2)13-8-14(17-11-16-13)20-6-4-3-5-7-20/h8,10-11H,3-7,9H2,1-2H3. The van der Waals surface area contributed by atoms with Crippen molar-refractivity contribution in [2.24, 2.45) is 0 Å². The predicted molar refractivity (Wildman–Crippen MR) is 87.1 cm³/mol. The van der Waals surface area contributed by atoms with Crippen molar-refractivity contribution in [3.05, 3.63) is 28.5 Å². The number of thiazole rings is 1. The van der Waals surface area contributed by atoms with Gasteiger partial charge in [0.1, 0.15) is 23.0 Å². The van der Waals surface area contributed by atoms with Crippen LogP contribution in [0.15, 0.2) is 17.8 Å². The molecule has 0 spiro atoms. The number of hydrogen-bond donors (Lipinski definition) is 0. The van der Waals surface area contributed by atoms with Gasteiger partial charge in [-0.2, -0.15) is 0 Å². The second-order valence-corrected chi connectivity index (χ2v) is 6.46. The molecular weight excluding hydrogens is 282 g/mol. The average Bonchev–Trinajstić information content (AvgIpc) is 2.93. The smallest absolute Gasteiger partial charge is 0.134 e. The van der Waals surface area contributed by atoms with Crippen LogP contribution in [-0.4, -0.2) is 35.1 Å². The van der Waals surface area contributed by atoms with Crippen molar-refractivity contribution in [1.82, 2.24) is 15.0 Å². The third-order valence-corrected chi connectivity index (χ3v) is 4.70. The zero-order chi connectivity index (χ0) is 14.7. The lowest BCUT2D eigenvalue weighted by Gasteiger charge is -2.28. The molecule has 2 aromatic heterocycles. The van der Waals surface area contributed by atoms with E-state index in [1.165, 1.54) is 19.3 Å². The van der Waals surface area contributed by atoms with Crippen LogP contribution >= 0.6 is 11.3 Å². The van der Waals surface area contributed by atoms with Gasteiger partial charge in [-0.05, 0) is 26.2 Å². The average molecular weight is 303 g/mol. The number of nitrogens with zero attached hydrogens (tertiary/aromatic N) is 5. The lowest BCUT2D eigenvalue weighted by molar-refractivity contribution is 0.573. The maximum absolute atomic E-state index is 4.51. The first-order valence-corrected chi connectivity index (χ1v) is 8.29. The fraction of sp³-hybridized carbons (Fsp3) is 0.533. The summed E-state index contributed by atoms with van der Waals surface area (Å²) >= 11 is 1.70. The van der Waals surface area contributed by atoms with Crippen molar-refractivity contribution in [2.75, 3.05) is 29.9 Å². The number of hydrogen-bond acceptors (Lipinski definition) is 6. The van der Waals surface area contributed by atoms with Crippen LogP contribution in [0.4, 0.5) is 11.6 Å². The SMILES string of the molecule is Cc1csc(CN(C)c2cc(N3CCCCC3)ncn2)n1. The van der Waals surface area contributed by atoms with E-state index in [9.17, 15) is 0 Å². The summed E-state index contributed by atoms with van der Waals surface area (Å²) in [5.74, 6) is 2.00. The molecule has 0 saturated carbocycles. The normalized spacial score (nSPS) is 15.2. The summed E-state index contributed by atoms with van der Waals surface area (Å²) in [5, 5.41) is 3.20. The van der Waals surface area contributed by atoms with Gasteiger partial charge >= 0.3 is 0 Å². The highest BCUT2D eigenvalue weighted by Gasteiger charge is 2.14. The highest BCUT2D eigenvalue weighted by Crippen LogP contribution is 2.22. The summed E-state index contributed by atoms with van der Waals surface area (Å²) in [5.41, 5.74) is 1.08. The van der Waals surface area contributed by atoms with E-state index in [-0.39, 0.29) is 0 Å². The molecule has 21 heavy (non-hydrogen) atoms. The highest BCUT2D eigenvalue weighted by atomic mass is 32.1. The second kappa shape index (κ2) is 6.39.